The molecular weight excluding hydrogens is 176 g/mol. The maximum atomic E-state index is 4.27. The Kier molecular flexibility index (Phi) is 2.54. The van der Waals surface area contributed by atoms with Crippen LogP contribution in [-0.2, 0) is 6.54 Å². The Morgan fingerprint density at radius 1 is 1.50 bits per heavy atom. The second-order valence-corrected chi connectivity index (χ2v) is 4.06. The van der Waals surface area contributed by atoms with Gasteiger partial charge in [-0.15, -0.1) is 10.2 Å². The molecule has 1 N–H and O–H groups in total. The van der Waals surface area contributed by atoms with Gasteiger partial charge in [-0.2, -0.15) is 0 Å². The average Bonchev–Trinajstić information content (AvgIpc) is 2.43. The molecule has 0 radical (unpaired) electrons. The largest absolute Gasteiger partial charge is 0.316 e. The molecule has 0 spiro atoms. The van der Waals surface area contributed by atoms with Crippen LogP contribution < -0.4 is 5.32 Å². The van der Waals surface area contributed by atoms with Gasteiger partial charge in [0.1, 0.15) is 11.6 Å². The first-order chi connectivity index (χ1) is 6.74. The minimum atomic E-state index is 0.525. The van der Waals surface area contributed by atoms with Crippen LogP contribution in [0.15, 0.2) is 0 Å². The monoisotopic (exact) mass is 194 g/mol. The van der Waals surface area contributed by atoms with Crippen molar-refractivity contribution in [3.63, 3.8) is 0 Å². The van der Waals surface area contributed by atoms with Crippen LogP contribution in [0.25, 0.3) is 0 Å². The Bertz CT molecular complexity index is 314. The van der Waals surface area contributed by atoms with E-state index in [1.165, 1.54) is 0 Å². The molecule has 0 aliphatic carbocycles. The van der Waals surface area contributed by atoms with Gasteiger partial charge in [0.15, 0.2) is 0 Å². The van der Waals surface area contributed by atoms with Crippen molar-refractivity contribution < 1.29 is 0 Å². The molecule has 2 rings (SSSR count). The van der Waals surface area contributed by atoms with Crippen molar-refractivity contribution in [2.45, 2.75) is 33.2 Å². The molecule has 1 saturated heterocycles. The van der Waals surface area contributed by atoms with Crippen molar-refractivity contribution in [1.29, 1.82) is 0 Å². The van der Waals surface area contributed by atoms with Crippen LogP contribution in [0.4, 0.5) is 0 Å². The molecule has 0 saturated carbocycles. The van der Waals surface area contributed by atoms with Gasteiger partial charge >= 0.3 is 0 Å². The highest BCUT2D eigenvalue weighted by atomic mass is 15.3. The van der Waals surface area contributed by atoms with Gasteiger partial charge in [-0.1, -0.05) is 6.92 Å². The first-order valence-corrected chi connectivity index (χ1v) is 5.34. The van der Waals surface area contributed by atoms with E-state index in [-0.39, 0.29) is 0 Å². The van der Waals surface area contributed by atoms with Crippen LogP contribution in [0.3, 0.4) is 0 Å². The van der Waals surface area contributed by atoms with E-state index < -0.39 is 0 Å². The average molecular weight is 194 g/mol. The van der Waals surface area contributed by atoms with Gasteiger partial charge in [0.25, 0.3) is 0 Å². The Balaban J connectivity index is 2.21. The van der Waals surface area contributed by atoms with E-state index in [0.717, 1.165) is 37.2 Å². The van der Waals surface area contributed by atoms with Gasteiger partial charge in [0.05, 0.1) is 0 Å². The summed E-state index contributed by atoms with van der Waals surface area (Å²) in [7, 11) is 0. The van der Waals surface area contributed by atoms with E-state index in [9.17, 15) is 0 Å². The molecule has 1 aromatic rings. The van der Waals surface area contributed by atoms with Crippen molar-refractivity contribution in [3.05, 3.63) is 11.6 Å². The Morgan fingerprint density at radius 3 is 2.71 bits per heavy atom. The minimum absolute atomic E-state index is 0.525. The SMILES string of the molecule is CCn1c(C)nnc1C(C)C1CNC1. The lowest BCUT2D eigenvalue weighted by molar-refractivity contribution is 0.291. The van der Waals surface area contributed by atoms with Gasteiger partial charge in [-0.3, -0.25) is 0 Å². The van der Waals surface area contributed by atoms with Crippen molar-refractivity contribution in [1.82, 2.24) is 20.1 Å². The maximum absolute atomic E-state index is 4.27. The fourth-order valence-corrected chi connectivity index (χ4v) is 2.00. The first-order valence-electron chi connectivity index (χ1n) is 5.34. The van der Waals surface area contributed by atoms with E-state index in [0.29, 0.717) is 5.92 Å². The summed E-state index contributed by atoms with van der Waals surface area (Å²) >= 11 is 0. The molecule has 1 aromatic heterocycles. The Labute approximate surface area is 84.7 Å². The predicted molar refractivity (Wildman–Crippen MR) is 55.2 cm³/mol. The fourth-order valence-electron chi connectivity index (χ4n) is 2.00. The van der Waals surface area contributed by atoms with Crippen LogP contribution in [0.1, 0.15) is 31.4 Å². The summed E-state index contributed by atoms with van der Waals surface area (Å²) in [6, 6.07) is 0. The quantitative estimate of drug-likeness (QED) is 0.778. The standard InChI is InChI=1S/C10H18N4/c1-4-14-8(3)12-13-10(14)7(2)9-5-11-6-9/h7,9,11H,4-6H2,1-3H3. The highest BCUT2D eigenvalue weighted by Gasteiger charge is 2.28. The van der Waals surface area contributed by atoms with Crippen molar-refractivity contribution >= 4 is 0 Å². The maximum Gasteiger partial charge on any atom is 0.136 e. The van der Waals surface area contributed by atoms with E-state index in [1.807, 2.05) is 6.92 Å². The predicted octanol–water partition coefficient (Wildman–Crippen LogP) is 0.929. The smallest absolute Gasteiger partial charge is 0.136 e. The number of rotatable bonds is 3. The third-order valence-corrected chi connectivity index (χ3v) is 3.21. The summed E-state index contributed by atoms with van der Waals surface area (Å²) in [6.07, 6.45) is 0. The lowest BCUT2D eigenvalue weighted by atomic mass is 9.88. The zero-order valence-electron chi connectivity index (χ0n) is 9.12. The molecule has 1 aliphatic heterocycles. The first kappa shape index (κ1) is 9.65. The van der Waals surface area contributed by atoms with E-state index in [1.54, 1.807) is 0 Å². The molecule has 1 aliphatic rings. The topological polar surface area (TPSA) is 42.7 Å². The van der Waals surface area contributed by atoms with Gasteiger partial charge in [0.2, 0.25) is 0 Å². The zero-order chi connectivity index (χ0) is 10.1. The third-order valence-electron chi connectivity index (χ3n) is 3.21. The second kappa shape index (κ2) is 3.69. The molecule has 2 heterocycles. The van der Waals surface area contributed by atoms with Crippen molar-refractivity contribution in [2.24, 2.45) is 5.92 Å². The Hall–Kier alpha value is -0.900. The fraction of sp³-hybridized carbons (Fsp3) is 0.800. The highest BCUT2D eigenvalue weighted by molar-refractivity contribution is 5.04. The van der Waals surface area contributed by atoms with Crippen molar-refractivity contribution in [2.75, 3.05) is 13.1 Å². The molecule has 4 nitrogen and oxygen atoms in total. The highest BCUT2D eigenvalue weighted by Crippen LogP contribution is 2.25. The Morgan fingerprint density at radius 2 is 2.21 bits per heavy atom. The molecule has 0 aromatic carbocycles. The molecular formula is C10H18N4. The molecule has 1 fully saturated rings. The van der Waals surface area contributed by atoms with E-state index >= 15 is 0 Å². The van der Waals surface area contributed by atoms with E-state index in [4.69, 9.17) is 0 Å². The van der Waals surface area contributed by atoms with Crippen LogP contribution in [0.5, 0.6) is 0 Å². The molecule has 0 amide bonds. The summed E-state index contributed by atoms with van der Waals surface area (Å²) < 4.78 is 2.21. The number of hydrogen-bond donors (Lipinski definition) is 1. The normalized spacial score (nSPS) is 19.4. The number of aryl methyl sites for hydroxylation is 1. The second-order valence-electron chi connectivity index (χ2n) is 4.06. The van der Waals surface area contributed by atoms with E-state index in [2.05, 4.69) is 33.9 Å². The third kappa shape index (κ3) is 1.43. The van der Waals surface area contributed by atoms with Crippen LogP contribution in [-0.4, -0.2) is 27.9 Å². The lowest BCUT2D eigenvalue weighted by Crippen LogP contribution is -2.45. The van der Waals surface area contributed by atoms with Crippen LogP contribution >= 0.6 is 0 Å². The number of nitrogens with one attached hydrogen (secondary N) is 1. The van der Waals surface area contributed by atoms with Gasteiger partial charge in [0, 0.05) is 12.5 Å². The summed E-state index contributed by atoms with van der Waals surface area (Å²) in [5.41, 5.74) is 0. The summed E-state index contributed by atoms with van der Waals surface area (Å²) in [6.45, 7) is 9.63. The molecule has 4 heteroatoms. The summed E-state index contributed by atoms with van der Waals surface area (Å²) in [4.78, 5) is 0. The van der Waals surface area contributed by atoms with Gasteiger partial charge in [-0.05, 0) is 32.9 Å². The van der Waals surface area contributed by atoms with Crippen LogP contribution in [0, 0.1) is 12.8 Å². The number of hydrogen-bond acceptors (Lipinski definition) is 3. The molecule has 1 unspecified atom stereocenters. The zero-order valence-corrected chi connectivity index (χ0v) is 9.12. The van der Waals surface area contributed by atoms with Gasteiger partial charge < -0.3 is 9.88 Å². The number of aromatic nitrogens is 3. The summed E-state index contributed by atoms with van der Waals surface area (Å²) in [5.74, 6) is 3.44. The molecule has 0 bridgehead atoms. The van der Waals surface area contributed by atoms with Crippen molar-refractivity contribution in [3.8, 4) is 0 Å². The van der Waals surface area contributed by atoms with Gasteiger partial charge in [-0.25, -0.2) is 0 Å². The molecule has 78 valence electrons. The lowest BCUT2D eigenvalue weighted by Gasteiger charge is -2.32. The minimum Gasteiger partial charge on any atom is -0.316 e. The van der Waals surface area contributed by atoms with Crippen LogP contribution in [0.2, 0.25) is 0 Å². The molecule has 14 heavy (non-hydrogen) atoms. The molecule has 1 atom stereocenters. The number of nitrogens with zero attached hydrogens (tertiary/aromatic N) is 3. The summed E-state index contributed by atoms with van der Waals surface area (Å²) in [5, 5.41) is 11.7.